The topological polar surface area (TPSA) is 77.4 Å². The predicted octanol–water partition coefficient (Wildman–Crippen LogP) is 5.82. The first-order valence-corrected chi connectivity index (χ1v) is 12.7. The molecule has 0 bridgehead atoms. The molecule has 3 aromatic carbocycles. The van der Waals surface area contributed by atoms with Crippen molar-refractivity contribution >= 4 is 50.9 Å². The Morgan fingerprint density at radius 2 is 1.92 bits per heavy atom. The highest BCUT2D eigenvalue weighted by molar-refractivity contribution is 14.1. The third-order valence-corrected chi connectivity index (χ3v) is 6.90. The first-order valence-electron chi connectivity index (χ1n) is 11.7. The average molecular weight is 618 g/mol. The van der Waals surface area contributed by atoms with E-state index >= 15 is 4.39 Å². The monoisotopic (exact) mass is 618 g/mol. The zero-order valence-electron chi connectivity index (χ0n) is 20.4. The van der Waals surface area contributed by atoms with Gasteiger partial charge in [0.25, 0.3) is 5.91 Å². The van der Waals surface area contributed by atoms with Crippen molar-refractivity contribution in [2.75, 3.05) is 11.9 Å². The van der Waals surface area contributed by atoms with Crippen LogP contribution in [-0.2, 0) is 16.5 Å². The standard InChI is InChI=1S/C27H25F2IN4O3/c1-27(2)36-13-20(25(37-27)15-7-5-4-6-8-15)33-26(35)17-12-21-24(31-14-34(21)3)22(29)23(17)32-19-10-9-16(30)11-18(19)28/h4-12,14,20,25,32H,13H2,1-3H3,(H,33,35)/t20?,25-/m0/s1. The lowest BCUT2D eigenvalue weighted by Crippen LogP contribution is -2.52. The van der Waals surface area contributed by atoms with E-state index < -0.39 is 35.5 Å². The molecule has 1 unspecified atom stereocenters. The maximum absolute atomic E-state index is 15.7. The summed E-state index contributed by atoms with van der Waals surface area (Å²) in [5.74, 6) is -2.73. The van der Waals surface area contributed by atoms with Gasteiger partial charge in [-0.15, -0.1) is 0 Å². The summed E-state index contributed by atoms with van der Waals surface area (Å²) >= 11 is 1.99. The van der Waals surface area contributed by atoms with Crippen LogP contribution < -0.4 is 10.6 Å². The number of ether oxygens (including phenoxy) is 2. The van der Waals surface area contributed by atoms with Gasteiger partial charge in [-0.2, -0.15) is 0 Å². The fourth-order valence-electron chi connectivity index (χ4n) is 4.36. The third-order valence-electron chi connectivity index (χ3n) is 6.23. The minimum atomic E-state index is -0.851. The number of hydrogen-bond donors (Lipinski definition) is 2. The van der Waals surface area contributed by atoms with Crippen LogP contribution in [0.4, 0.5) is 20.2 Å². The van der Waals surface area contributed by atoms with Gasteiger partial charge in [-0.1, -0.05) is 30.3 Å². The molecule has 2 atom stereocenters. The minimum absolute atomic E-state index is 0.00296. The molecule has 0 aliphatic carbocycles. The summed E-state index contributed by atoms with van der Waals surface area (Å²) in [6, 6.07) is 15.0. The lowest BCUT2D eigenvalue weighted by Gasteiger charge is -2.41. The number of carbonyl (C=O) groups excluding carboxylic acids is 1. The second kappa shape index (κ2) is 9.99. The van der Waals surface area contributed by atoms with Gasteiger partial charge >= 0.3 is 0 Å². The molecule has 7 nitrogen and oxygen atoms in total. The Hall–Kier alpha value is -3.09. The summed E-state index contributed by atoms with van der Waals surface area (Å²) in [6.45, 7) is 3.80. The summed E-state index contributed by atoms with van der Waals surface area (Å²) in [5, 5.41) is 5.74. The van der Waals surface area contributed by atoms with E-state index in [9.17, 15) is 9.18 Å². The average Bonchev–Trinajstić information content (AvgIpc) is 3.24. The van der Waals surface area contributed by atoms with E-state index in [0.717, 1.165) is 5.56 Å². The Kier molecular flexibility index (Phi) is 6.90. The van der Waals surface area contributed by atoms with Gasteiger partial charge in [0.1, 0.15) is 17.4 Å². The molecule has 10 heteroatoms. The quantitative estimate of drug-likeness (QED) is 0.276. The zero-order chi connectivity index (χ0) is 26.3. The molecule has 0 radical (unpaired) electrons. The molecule has 4 aromatic rings. The van der Waals surface area contributed by atoms with Crippen molar-refractivity contribution in [1.29, 1.82) is 0 Å². The van der Waals surface area contributed by atoms with E-state index in [-0.39, 0.29) is 29.1 Å². The van der Waals surface area contributed by atoms with E-state index in [2.05, 4.69) is 15.6 Å². The van der Waals surface area contributed by atoms with Crippen LogP contribution in [0.5, 0.6) is 0 Å². The summed E-state index contributed by atoms with van der Waals surface area (Å²) in [5.41, 5.74) is 1.24. The molecule has 1 aliphatic heterocycles. The number of nitrogens with zero attached hydrogens (tertiary/aromatic N) is 2. The number of rotatable bonds is 5. The maximum Gasteiger partial charge on any atom is 0.253 e. The van der Waals surface area contributed by atoms with E-state index in [1.54, 1.807) is 23.7 Å². The van der Waals surface area contributed by atoms with Gasteiger partial charge < -0.3 is 24.7 Å². The van der Waals surface area contributed by atoms with Crippen molar-refractivity contribution in [3.8, 4) is 0 Å². The number of halogens is 3. The number of fused-ring (bicyclic) bond motifs is 1. The van der Waals surface area contributed by atoms with Gasteiger partial charge in [-0.05, 0) is 66.3 Å². The highest BCUT2D eigenvalue weighted by Gasteiger charge is 2.38. The number of benzene rings is 3. The van der Waals surface area contributed by atoms with Crippen molar-refractivity contribution in [3.05, 3.63) is 87.3 Å². The molecule has 1 fully saturated rings. The van der Waals surface area contributed by atoms with E-state index in [4.69, 9.17) is 9.47 Å². The lowest BCUT2D eigenvalue weighted by molar-refractivity contribution is -0.284. The second-order valence-electron chi connectivity index (χ2n) is 9.33. The highest BCUT2D eigenvalue weighted by Crippen LogP contribution is 2.35. The largest absolute Gasteiger partial charge is 0.350 e. The summed E-state index contributed by atoms with van der Waals surface area (Å²) < 4.78 is 44.7. The van der Waals surface area contributed by atoms with Gasteiger partial charge in [0, 0.05) is 10.6 Å². The number of aromatic nitrogens is 2. The summed E-state index contributed by atoms with van der Waals surface area (Å²) in [4.78, 5) is 17.8. The fourth-order valence-corrected chi connectivity index (χ4v) is 4.81. The van der Waals surface area contributed by atoms with Crippen LogP contribution in [-0.4, -0.2) is 33.9 Å². The smallest absolute Gasteiger partial charge is 0.253 e. The summed E-state index contributed by atoms with van der Waals surface area (Å²) in [6.07, 6.45) is 0.963. The summed E-state index contributed by atoms with van der Waals surface area (Å²) in [7, 11) is 1.71. The van der Waals surface area contributed by atoms with Crippen molar-refractivity contribution in [1.82, 2.24) is 14.9 Å². The predicted molar refractivity (Wildman–Crippen MR) is 145 cm³/mol. The molecule has 192 valence electrons. The number of anilines is 2. The van der Waals surface area contributed by atoms with E-state index in [1.807, 2.05) is 66.8 Å². The van der Waals surface area contributed by atoms with Crippen molar-refractivity contribution < 1.29 is 23.0 Å². The van der Waals surface area contributed by atoms with Crippen molar-refractivity contribution in [2.45, 2.75) is 31.8 Å². The Balaban J connectivity index is 1.53. The first-order chi connectivity index (χ1) is 17.6. The molecule has 0 spiro atoms. The zero-order valence-corrected chi connectivity index (χ0v) is 22.5. The molecule has 1 amide bonds. The molecular formula is C27H25F2IN4O3. The van der Waals surface area contributed by atoms with E-state index in [0.29, 0.717) is 9.09 Å². The van der Waals surface area contributed by atoms with Crippen LogP contribution in [0.1, 0.15) is 35.9 Å². The molecule has 1 saturated heterocycles. The highest BCUT2D eigenvalue weighted by atomic mass is 127. The second-order valence-corrected chi connectivity index (χ2v) is 10.6. The fraction of sp³-hybridized carbons (Fsp3) is 0.259. The lowest BCUT2D eigenvalue weighted by atomic mass is 10.00. The van der Waals surface area contributed by atoms with Gasteiger partial charge in [0.15, 0.2) is 11.6 Å². The Morgan fingerprint density at radius 1 is 1.16 bits per heavy atom. The number of aryl methyl sites for hydroxylation is 1. The molecule has 1 aliphatic rings. The number of amides is 1. The van der Waals surface area contributed by atoms with Gasteiger partial charge in [-0.3, -0.25) is 4.79 Å². The molecule has 0 saturated carbocycles. The Morgan fingerprint density at radius 3 is 2.65 bits per heavy atom. The van der Waals surface area contributed by atoms with E-state index in [1.165, 1.54) is 18.5 Å². The first kappa shape index (κ1) is 25.6. The van der Waals surface area contributed by atoms with Crippen LogP contribution in [0.15, 0.2) is 60.9 Å². The van der Waals surface area contributed by atoms with Crippen molar-refractivity contribution in [3.63, 3.8) is 0 Å². The van der Waals surface area contributed by atoms with Gasteiger partial charge in [-0.25, -0.2) is 13.8 Å². The number of imidazole rings is 1. The Labute approximate surface area is 226 Å². The van der Waals surface area contributed by atoms with Crippen LogP contribution in [0, 0.1) is 15.2 Å². The Bertz CT molecular complexity index is 1480. The normalized spacial score (nSPS) is 19.1. The van der Waals surface area contributed by atoms with Crippen LogP contribution in [0.3, 0.4) is 0 Å². The molecule has 2 N–H and O–H groups in total. The number of carbonyl (C=O) groups is 1. The van der Waals surface area contributed by atoms with Crippen LogP contribution >= 0.6 is 22.6 Å². The number of nitrogens with one attached hydrogen (secondary N) is 2. The van der Waals surface area contributed by atoms with Crippen LogP contribution in [0.2, 0.25) is 0 Å². The van der Waals surface area contributed by atoms with Crippen LogP contribution in [0.25, 0.3) is 11.0 Å². The molecule has 1 aromatic heterocycles. The molecule has 37 heavy (non-hydrogen) atoms. The molecule has 2 heterocycles. The maximum atomic E-state index is 15.7. The minimum Gasteiger partial charge on any atom is -0.350 e. The van der Waals surface area contributed by atoms with Crippen molar-refractivity contribution in [2.24, 2.45) is 7.05 Å². The SMILES string of the molecule is Cn1cnc2c(F)c(Nc3ccc(I)cc3F)c(C(=O)NC3COC(C)(C)O[C@H]3c3ccccc3)cc21. The van der Waals surface area contributed by atoms with Gasteiger partial charge in [0.2, 0.25) is 0 Å². The van der Waals surface area contributed by atoms with Gasteiger partial charge in [0.05, 0.1) is 41.4 Å². The third kappa shape index (κ3) is 5.18. The molecule has 5 rings (SSSR count). The molecular weight excluding hydrogens is 593 g/mol. The number of hydrogen-bond acceptors (Lipinski definition) is 5.